The number of unbranched alkanes of at least 4 members (excludes halogenated alkanes) is 9. The van der Waals surface area contributed by atoms with E-state index in [1.807, 2.05) is 0 Å². The van der Waals surface area contributed by atoms with Crippen molar-refractivity contribution in [3.8, 4) is 0 Å². The van der Waals surface area contributed by atoms with Gasteiger partial charge in [-0.1, -0.05) is 78.1 Å². The first-order valence-corrected chi connectivity index (χ1v) is 11.9. The van der Waals surface area contributed by atoms with Gasteiger partial charge in [0, 0.05) is 6.61 Å². The molecule has 0 bridgehead atoms. The lowest BCUT2D eigenvalue weighted by Gasteiger charge is -2.22. The third-order valence-electron chi connectivity index (χ3n) is 3.84. The second-order valence-electron chi connectivity index (χ2n) is 6.54. The summed E-state index contributed by atoms with van der Waals surface area (Å²) in [5, 5.41) is 0. The summed E-state index contributed by atoms with van der Waals surface area (Å²) >= 11 is 0. The Bertz CT molecular complexity index is 180. The fraction of sp³-hybridized carbons (Fsp3) is 1.00. The van der Waals surface area contributed by atoms with E-state index >= 15 is 0 Å². The molecule has 0 fully saturated rings. The Labute approximate surface area is 123 Å². The summed E-state index contributed by atoms with van der Waals surface area (Å²) < 4.78 is 6.08. The minimum atomic E-state index is -1.30. The average Bonchev–Trinajstić information content (AvgIpc) is 2.36. The lowest BCUT2D eigenvalue weighted by Crippen LogP contribution is -2.30. The maximum absolute atomic E-state index is 6.08. The van der Waals surface area contributed by atoms with Crippen molar-refractivity contribution in [2.75, 3.05) is 6.61 Å². The summed E-state index contributed by atoms with van der Waals surface area (Å²) in [4.78, 5) is 0. The van der Waals surface area contributed by atoms with Gasteiger partial charge in [-0.15, -0.1) is 0 Å². The van der Waals surface area contributed by atoms with Crippen molar-refractivity contribution >= 4 is 8.32 Å². The van der Waals surface area contributed by atoms with Crippen LogP contribution in [0.15, 0.2) is 0 Å². The van der Waals surface area contributed by atoms with Gasteiger partial charge >= 0.3 is 0 Å². The van der Waals surface area contributed by atoms with Crippen molar-refractivity contribution in [1.29, 1.82) is 0 Å². The van der Waals surface area contributed by atoms with Crippen LogP contribution in [0.4, 0.5) is 0 Å². The van der Waals surface area contributed by atoms with Crippen molar-refractivity contribution in [3.63, 3.8) is 0 Å². The third kappa shape index (κ3) is 14.4. The summed E-state index contributed by atoms with van der Waals surface area (Å²) in [6.07, 6.45) is 15.3. The van der Waals surface area contributed by atoms with E-state index < -0.39 is 8.32 Å². The van der Waals surface area contributed by atoms with E-state index in [9.17, 15) is 0 Å². The fourth-order valence-corrected chi connectivity index (χ4v) is 4.66. The van der Waals surface area contributed by atoms with Crippen LogP contribution in [0.25, 0.3) is 0 Å². The van der Waals surface area contributed by atoms with Gasteiger partial charge < -0.3 is 4.43 Å². The molecule has 1 nitrogen and oxygen atoms in total. The summed E-state index contributed by atoms with van der Waals surface area (Å²) in [5.41, 5.74) is 0. The largest absolute Gasteiger partial charge is 0.417 e. The lowest BCUT2D eigenvalue weighted by molar-refractivity contribution is 0.293. The molecular formula is C17H38OSi. The van der Waals surface area contributed by atoms with Gasteiger partial charge in [-0.3, -0.25) is 0 Å². The molecule has 0 aromatic rings. The molecule has 0 saturated heterocycles. The van der Waals surface area contributed by atoms with E-state index in [0.717, 1.165) is 6.61 Å². The molecule has 0 N–H and O–H groups in total. The molecule has 116 valence electrons. The van der Waals surface area contributed by atoms with Gasteiger partial charge in [-0.25, -0.2) is 0 Å². The van der Waals surface area contributed by atoms with E-state index in [1.165, 1.54) is 76.7 Å². The van der Waals surface area contributed by atoms with Gasteiger partial charge in [-0.05, 0) is 25.6 Å². The molecule has 0 spiro atoms. The molecule has 0 aliphatic carbocycles. The van der Waals surface area contributed by atoms with Crippen LogP contribution < -0.4 is 0 Å². The van der Waals surface area contributed by atoms with Crippen molar-refractivity contribution in [1.82, 2.24) is 0 Å². The SMILES string of the molecule is CCCCCCCCCCCCO[Si](C)(C)CCC. The molecule has 0 atom stereocenters. The molecule has 0 unspecified atom stereocenters. The summed E-state index contributed by atoms with van der Waals surface area (Å²) in [6, 6.07) is 1.31. The Morgan fingerprint density at radius 3 is 1.58 bits per heavy atom. The molecule has 0 heterocycles. The Morgan fingerprint density at radius 2 is 1.11 bits per heavy atom. The van der Waals surface area contributed by atoms with Gasteiger partial charge in [-0.2, -0.15) is 0 Å². The lowest BCUT2D eigenvalue weighted by atomic mass is 10.1. The smallest absolute Gasteiger partial charge is 0.186 e. The molecule has 0 aliphatic heterocycles. The number of hydrogen-bond donors (Lipinski definition) is 0. The zero-order valence-electron chi connectivity index (χ0n) is 14.1. The van der Waals surface area contributed by atoms with Crippen LogP contribution >= 0.6 is 0 Å². The average molecular weight is 287 g/mol. The summed E-state index contributed by atoms with van der Waals surface area (Å²) in [7, 11) is -1.30. The van der Waals surface area contributed by atoms with E-state index in [4.69, 9.17) is 4.43 Å². The Morgan fingerprint density at radius 1 is 0.632 bits per heavy atom. The van der Waals surface area contributed by atoms with E-state index in [0.29, 0.717) is 0 Å². The quantitative estimate of drug-likeness (QED) is 0.260. The molecule has 0 rings (SSSR count). The Kier molecular flexibility index (Phi) is 13.3. The van der Waals surface area contributed by atoms with Crippen molar-refractivity contribution in [2.45, 2.75) is 104 Å². The van der Waals surface area contributed by atoms with E-state index in [-0.39, 0.29) is 0 Å². The number of rotatable bonds is 14. The van der Waals surface area contributed by atoms with Crippen LogP contribution in [0.3, 0.4) is 0 Å². The predicted octanol–water partition coefficient (Wildman–Crippen LogP) is 6.54. The van der Waals surface area contributed by atoms with Crippen LogP contribution in [0.2, 0.25) is 19.1 Å². The van der Waals surface area contributed by atoms with Gasteiger partial charge in [0.25, 0.3) is 0 Å². The maximum atomic E-state index is 6.08. The maximum Gasteiger partial charge on any atom is 0.186 e. The molecule has 0 aromatic heterocycles. The number of hydrogen-bond acceptors (Lipinski definition) is 1. The van der Waals surface area contributed by atoms with Crippen LogP contribution in [0.1, 0.15) is 84.5 Å². The minimum Gasteiger partial charge on any atom is -0.417 e. The van der Waals surface area contributed by atoms with E-state index in [1.54, 1.807) is 0 Å². The van der Waals surface area contributed by atoms with Crippen LogP contribution in [-0.2, 0) is 4.43 Å². The van der Waals surface area contributed by atoms with Crippen LogP contribution in [0, 0.1) is 0 Å². The van der Waals surface area contributed by atoms with Crippen molar-refractivity contribution in [3.05, 3.63) is 0 Å². The highest BCUT2D eigenvalue weighted by molar-refractivity contribution is 6.71. The highest BCUT2D eigenvalue weighted by atomic mass is 28.4. The highest BCUT2D eigenvalue weighted by Gasteiger charge is 2.20. The van der Waals surface area contributed by atoms with Gasteiger partial charge in [0.05, 0.1) is 0 Å². The molecule has 0 aliphatic rings. The van der Waals surface area contributed by atoms with Crippen molar-refractivity contribution < 1.29 is 4.43 Å². The first-order chi connectivity index (χ1) is 9.12. The first kappa shape index (κ1) is 19.2. The van der Waals surface area contributed by atoms with Crippen LogP contribution in [-0.4, -0.2) is 14.9 Å². The van der Waals surface area contributed by atoms with Gasteiger partial charge in [0.15, 0.2) is 8.32 Å². The second-order valence-corrected chi connectivity index (χ2v) is 10.8. The highest BCUT2D eigenvalue weighted by Crippen LogP contribution is 2.15. The molecule has 0 amide bonds. The standard InChI is InChI=1S/C17H38OSi/c1-5-7-8-9-10-11-12-13-14-15-16-18-19(3,4)17-6-2/h5-17H2,1-4H3. The molecule has 19 heavy (non-hydrogen) atoms. The molecule has 2 heteroatoms. The zero-order valence-corrected chi connectivity index (χ0v) is 15.1. The Hall–Kier alpha value is 0.177. The fourth-order valence-electron chi connectivity index (χ4n) is 2.61. The molecule has 0 aromatic carbocycles. The van der Waals surface area contributed by atoms with E-state index in [2.05, 4.69) is 26.9 Å². The summed E-state index contributed by atoms with van der Waals surface area (Å²) in [6.45, 7) is 10.3. The van der Waals surface area contributed by atoms with Crippen molar-refractivity contribution in [2.24, 2.45) is 0 Å². The zero-order chi connectivity index (χ0) is 14.4. The summed E-state index contributed by atoms with van der Waals surface area (Å²) in [5.74, 6) is 0. The monoisotopic (exact) mass is 286 g/mol. The Balaban J connectivity index is 3.14. The van der Waals surface area contributed by atoms with Gasteiger partial charge in [0.2, 0.25) is 0 Å². The minimum absolute atomic E-state index is 1.01. The second kappa shape index (κ2) is 13.2. The molecular weight excluding hydrogens is 248 g/mol. The van der Waals surface area contributed by atoms with Gasteiger partial charge in [0.1, 0.15) is 0 Å². The van der Waals surface area contributed by atoms with Crippen LogP contribution in [0.5, 0.6) is 0 Å². The topological polar surface area (TPSA) is 9.23 Å². The molecule has 0 radical (unpaired) electrons. The first-order valence-electron chi connectivity index (χ1n) is 8.76. The molecule has 0 saturated carbocycles. The normalized spacial score (nSPS) is 12.0. The third-order valence-corrected chi connectivity index (χ3v) is 6.53. The predicted molar refractivity (Wildman–Crippen MR) is 90.4 cm³/mol.